The molecule has 2 atom stereocenters. The molecule has 0 aliphatic carbocycles. The summed E-state index contributed by atoms with van der Waals surface area (Å²) < 4.78 is 6.76. The van der Waals surface area contributed by atoms with Gasteiger partial charge in [-0.05, 0) is 44.4 Å². The van der Waals surface area contributed by atoms with Gasteiger partial charge in [-0.2, -0.15) is 5.26 Å². The third-order valence-corrected chi connectivity index (χ3v) is 3.82. The molecule has 0 saturated carbocycles. The Labute approximate surface area is 111 Å². The molecule has 1 aromatic rings. The van der Waals surface area contributed by atoms with Gasteiger partial charge in [0.15, 0.2) is 0 Å². The molecule has 1 fully saturated rings. The topological polar surface area (TPSA) is 33.0 Å². The van der Waals surface area contributed by atoms with Crippen molar-refractivity contribution in [1.29, 1.82) is 5.26 Å². The molecule has 0 spiro atoms. The molecule has 1 aliphatic heterocycles. The summed E-state index contributed by atoms with van der Waals surface area (Å²) in [4.78, 5) is 0. The van der Waals surface area contributed by atoms with Crippen molar-refractivity contribution in [3.8, 4) is 6.07 Å². The highest BCUT2D eigenvalue weighted by Crippen LogP contribution is 2.39. The minimum absolute atomic E-state index is 0.136. The van der Waals surface area contributed by atoms with E-state index in [-0.39, 0.29) is 12.2 Å². The highest BCUT2D eigenvalue weighted by molar-refractivity contribution is 9.10. The van der Waals surface area contributed by atoms with E-state index < -0.39 is 5.41 Å². The van der Waals surface area contributed by atoms with Crippen LogP contribution in [0, 0.1) is 11.3 Å². The van der Waals surface area contributed by atoms with Crippen molar-refractivity contribution < 1.29 is 4.74 Å². The van der Waals surface area contributed by atoms with E-state index in [0.29, 0.717) is 0 Å². The van der Waals surface area contributed by atoms with Gasteiger partial charge in [0.2, 0.25) is 0 Å². The summed E-state index contributed by atoms with van der Waals surface area (Å²) in [6.45, 7) is 4.08. The maximum absolute atomic E-state index is 9.60. The van der Waals surface area contributed by atoms with Crippen molar-refractivity contribution in [2.75, 3.05) is 0 Å². The molecule has 1 aromatic carbocycles. The molecule has 0 radical (unpaired) electrons. The Hall–Kier alpha value is -0.850. The highest BCUT2D eigenvalue weighted by Gasteiger charge is 2.40. The van der Waals surface area contributed by atoms with Crippen LogP contribution in [0.15, 0.2) is 28.7 Å². The zero-order valence-electron chi connectivity index (χ0n) is 10.1. The van der Waals surface area contributed by atoms with Gasteiger partial charge in [-0.3, -0.25) is 0 Å². The summed E-state index contributed by atoms with van der Waals surface area (Å²) in [6.07, 6.45) is 1.81. The number of hydrogen-bond donors (Lipinski definition) is 0. The first-order valence-electron chi connectivity index (χ1n) is 5.88. The fourth-order valence-electron chi connectivity index (χ4n) is 2.74. The minimum Gasteiger partial charge on any atom is -0.375 e. The van der Waals surface area contributed by atoms with E-state index in [9.17, 15) is 5.26 Å². The van der Waals surface area contributed by atoms with Crippen LogP contribution in [0.4, 0.5) is 0 Å². The number of ether oxygens (including phenoxy) is 1. The summed E-state index contributed by atoms with van der Waals surface area (Å²) in [5, 5.41) is 9.60. The van der Waals surface area contributed by atoms with Gasteiger partial charge in [-0.25, -0.2) is 0 Å². The lowest BCUT2D eigenvalue weighted by Gasteiger charge is -2.38. The Morgan fingerprint density at radius 2 is 2.00 bits per heavy atom. The predicted octanol–water partition coefficient (Wildman–Crippen LogP) is 3.80. The van der Waals surface area contributed by atoms with E-state index in [1.165, 1.54) is 0 Å². The van der Waals surface area contributed by atoms with Crippen molar-refractivity contribution >= 4 is 15.9 Å². The van der Waals surface area contributed by atoms with Gasteiger partial charge in [-0.1, -0.05) is 28.1 Å². The molecule has 2 unspecified atom stereocenters. The Balaban J connectivity index is 2.41. The maximum Gasteiger partial charge on any atom is 0.0871 e. The molecule has 1 saturated heterocycles. The number of nitriles is 1. The molecule has 3 heteroatoms. The first-order valence-corrected chi connectivity index (χ1v) is 6.68. The van der Waals surface area contributed by atoms with Crippen molar-refractivity contribution in [2.24, 2.45) is 0 Å². The van der Waals surface area contributed by atoms with Gasteiger partial charge in [0.25, 0.3) is 0 Å². The van der Waals surface area contributed by atoms with E-state index in [1.54, 1.807) is 0 Å². The Morgan fingerprint density at radius 1 is 1.35 bits per heavy atom. The van der Waals surface area contributed by atoms with Crippen molar-refractivity contribution in [3.05, 3.63) is 34.3 Å². The van der Waals surface area contributed by atoms with Crippen LogP contribution < -0.4 is 0 Å². The highest BCUT2D eigenvalue weighted by atomic mass is 79.9. The summed E-state index contributed by atoms with van der Waals surface area (Å²) in [7, 11) is 0. The molecule has 2 nitrogen and oxygen atoms in total. The summed E-state index contributed by atoms with van der Waals surface area (Å²) >= 11 is 3.47. The van der Waals surface area contributed by atoms with Crippen LogP contribution in [0.1, 0.15) is 32.3 Å². The summed E-state index contributed by atoms with van der Waals surface area (Å²) in [5.74, 6) is 0. The van der Waals surface area contributed by atoms with E-state index in [1.807, 2.05) is 38.1 Å². The second-order valence-electron chi connectivity index (χ2n) is 4.87. The fraction of sp³-hybridized carbons (Fsp3) is 0.500. The van der Waals surface area contributed by atoms with Crippen LogP contribution in [0.25, 0.3) is 0 Å². The molecule has 0 bridgehead atoms. The molecule has 0 aromatic heterocycles. The van der Waals surface area contributed by atoms with Crippen LogP contribution in [0.5, 0.6) is 0 Å². The predicted molar refractivity (Wildman–Crippen MR) is 70.7 cm³/mol. The number of rotatable bonds is 1. The zero-order valence-corrected chi connectivity index (χ0v) is 11.7. The lowest BCUT2D eigenvalue weighted by atomic mass is 9.72. The molecular weight excluding hydrogens is 278 g/mol. The number of halogens is 1. The minimum atomic E-state index is -0.402. The van der Waals surface area contributed by atoms with Crippen molar-refractivity contribution in [1.82, 2.24) is 0 Å². The molecule has 0 N–H and O–H groups in total. The van der Waals surface area contributed by atoms with Gasteiger partial charge >= 0.3 is 0 Å². The van der Waals surface area contributed by atoms with E-state index in [2.05, 4.69) is 22.0 Å². The van der Waals surface area contributed by atoms with Crippen molar-refractivity contribution in [3.63, 3.8) is 0 Å². The normalized spacial score (nSPS) is 33.1. The smallest absolute Gasteiger partial charge is 0.0871 e. The van der Waals surface area contributed by atoms with Crippen LogP contribution in [0.3, 0.4) is 0 Å². The standard InChI is InChI=1S/C14H16BrNO/c1-10-7-14(9-16,8-11(2)17-10)12-4-3-5-13(15)6-12/h3-6,10-11H,7-8H2,1-2H3. The van der Waals surface area contributed by atoms with Crippen LogP contribution in [0.2, 0.25) is 0 Å². The van der Waals surface area contributed by atoms with Gasteiger partial charge in [0.05, 0.1) is 23.7 Å². The van der Waals surface area contributed by atoms with E-state index in [0.717, 1.165) is 22.9 Å². The van der Waals surface area contributed by atoms with Crippen molar-refractivity contribution in [2.45, 2.75) is 44.3 Å². The Morgan fingerprint density at radius 3 is 2.53 bits per heavy atom. The monoisotopic (exact) mass is 293 g/mol. The number of hydrogen-bond acceptors (Lipinski definition) is 2. The second kappa shape index (κ2) is 4.80. The van der Waals surface area contributed by atoms with E-state index in [4.69, 9.17) is 4.74 Å². The third-order valence-electron chi connectivity index (χ3n) is 3.33. The van der Waals surface area contributed by atoms with Crippen LogP contribution >= 0.6 is 15.9 Å². The molecule has 1 heterocycles. The molecule has 90 valence electrons. The lowest BCUT2D eigenvalue weighted by Crippen LogP contribution is -2.40. The maximum atomic E-state index is 9.60. The Bertz CT molecular complexity index is 442. The second-order valence-corrected chi connectivity index (χ2v) is 5.79. The molecule has 1 aliphatic rings. The molecule has 0 amide bonds. The first-order chi connectivity index (χ1) is 8.05. The van der Waals surface area contributed by atoms with Gasteiger partial charge in [-0.15, -0.1) is 0 Å². The first kappa shape index (κ1) is 12.6. The van der Waals surface area contributed by atoms with Gasteiger partial charge in [0.1, 0.15) is 0 Å². The zero-order chi connectivity index (χ0) is 12.5. The lowest BCUT2D eigenvalue weighted by molar-refractivity contribution is -0.0513. The molecule has 17 heavy (non-hydrogen) atoms. The largest absolute Gasteiger partial charge is 0.375 e. The average molecular weight is 294 g/mol. The number of nitrogens with zero attached hydrogens (tertiary/aromatic N) is 1. The number of benzene rings is 1. The quantitative estimate of drug-likeness (QED) is 0.789. The van der Waals surface area contributed by atoms with Gasteiger partial charge in [0, 0.05) is 4.47 Å². The summed E-state index contributed by atoms with van der Waals surface area (Å²) in [6, 6.07) is 10.6. The molecular formula is C14H16BrNO. The van der Waals surface area contributed by atoms with E-state index >= 15 is 0 Å². The Kier molecular flexibility index (Phi) is 3.56. The van der Waals surface area contributed by atoms with Crippen LogP contribution in [-0.4, -0.2) is 12.2 Å². The van der Waals surface area contributed by atoms with Crippen LogP contribution in [-0.2, 0) is 10.2 Å². The average Bonchev–Trinajstić information content (AvgIpc) is 2.27. The SMILES string of the molecule is CC1CC(C#N)(c2cccc(Br)c2)CC(C)O1. The van der Waals surface area contributed by atoms with Gasteiger partial charge < -0.3 is 4.74 Å². The molecule has 2 rings (SSSR count). The summed E-state index contributed by atoms with van der Waals surface area (Å²) in [5.41, 5.74) is 0.692. The fourth-order valence-corrected chi connectivity index (χ4v) is 3.13. The third kappa shape index (κ3) is 2.53.